The molecule has 3 amide bonds. The van der Waals surface area contributed by atoms with Crippen molar-refractivity contribution in [2.45, 2.75) is 52.4 Å². The van der Waals surface area contributed by atoms with Gasteiger partial charge in [0.25, 0.3) is 0 Å². The summed E-state index contributed by atoms with van der Waals surface area (Å²) >= 11 is 1.02. The number of nitrogens with zero attached hydrogens (tertiary/aromatic N) is 5. The first kappa shape index (κ1) is 29.8. The van der Waals surface area contributed by atoms with Crippen LogP contribution in [0.1, 0.15) is 44.6 Å². The third-order valence-corrected chi connectivity index (χ3v) is 7.17. The average Bonchev–Trinajstić information content (AvgIpc) is 3.30. The van der Waals surface area contributed by atoms with Crippen LogP contribution in [0.25, 0.3) is 21.7 Å². The predicted molar refractivity (Wildman–Crippen MR) is 148 cm³/mol. The molecule has 1 aliphatic heterocycles. The molecule has 13 heteroatoms. The molecule has 1 saturated heterocycles. The quantitative estimate of drug-likeness (QED) is 0.373. The van der Waals surface area contributed by atoms with Gasteiger partial charge in [-0.25, -0.2) is 19.6 Å². The van der Waals surface area contributed by atoms with E-state index in [1.807, 2.05) is 13.0 Å². The second kappa shape index (κ2) is 11.4. The molecule has 3 aromatic rings. The van der Waals surface area contributed by atoms with Crippen LogP contribution in [0.4, 0.5) is 27.9 Å². The number of rotatable bonds is 3. The Morgan fingerprint density at radius 2 is 1.85 bits per heavy atom. The number of amides is 3. The zero-order valence-corrected chi connectivity index (χ0v) is 24.0. The molecule has 1 aromatic carbocycles. The standard InChI is InChI=1S/C28H29F3N6O3S/c1-16-11-20(13-21(33-16)28(29,30)31)23-22(19-8-6-7-18(12-19)14-32)34-24(41-23)35-25(38)36-9-10-37(17(2)15-36)26(39)40-27(3,4)5/h6-8,11-13,17H,9-10,15H2,1-5H3,(H,34,35,38)/t17-/m1/s1. The van der Waals surface area contributed by atoms with Gasteiger partial charge in [-0.05, 0) is 64.4 Å². The van der Waals surface area contributed by atoms with E-state index >= 15 is 0 Å². The number of pyridine rings is 1. The molecular formula is C28H29F3N6O3S. The number of aryl methyl sites for hydroxylation is 1. The van der Waals surface area contributed by atoms with E-state index in [0.29, 0.717) is 21.7 Å². The van der Waals surface area contributed by atoms with Gasteiger partial charge in [-0.15, -0.1) is 0 Å². The van der Waals surface area contributed by atoms with Crippen molar-refractivity contribution in [3.63, 3.8) is 0 Å². The van der Waals surface area contributed by atoms with Crippen LogP contribution >= 0.6 is 11.3 Å². The first-order valence-electron chi connectivity index (χ1n) is 12.8. The summed E-state index contributed by atoms with van der Waals surface area (Å²) in [5.74, 6) is 0. The summed E-state index contributed by atoms with van der Waals surface area (Å²) in [6.07, 6.45) is -5.11. The molecule has 2 aromatic heterocycles. The van der Waals surface area contributed by atoms with Crippen molar-refractivity contribution in [3.8, 4) is 27.8 Å². The Bertz CT molecular complexity index is 1510. The topological polar surface area (TPSA) is 111 Å². The number of hydrogen-bond acceptors (Lipinski definition) is 7. The first-order chi connectivity index (χ1) is 19.1. The van der Waals surface area contributed by atoms with Crippen molar-refractivity contribution < 1.29 is 27.5 Å². The summed E-state index contributed by atoms with van der Waals surface area (Å²) in [5, 5.41) is 12.3. The largest absolute Gasteiger partial charge is 0.444 e. The van der Waals surface area contributed by atoms with E-state index in [1.54, 1.807) is 54.8 Å². The SMILES string of the molecule is Cc1cc(-c2sc(NC(=O)N3CCN(C(=O)OC(C)(C)C)[C@H](C)C3)nc2-c2cccc(C#N)c2)cc(C(F)(F)F)n1. The smallest absolute Gasteiger partial charge is 0.433 e. The predicted octanol–water partition coefficient (Wildman–Crippen LogP) is 6.54. The van der Waals surface area contributed by atoms with Gasteiger partial charge in [0.15, 0.2) is 5.13 Å². The Balaban J connectivity index is 1.62. The number of piperazine rings is 1. The second-order valence-corrected chi connectivity index (χ2v) is 11.7. The van der Waals surface area contributed by atoms with Crippen LogP contribution in [0.15, 0.2) is 36.4 Å². The van der Waals surface area contributed by atoms with Gasteiger partial charge in [0.05, 0.1) is 22.2 Å². The fraction of sp³-hybridized carbons (Fsp3) is 0.393. The molecular weight excluding hydrogens is 557 g/mol. The fourth-order valence-corrected chi connectivity index (χ4v) is 5.31. The number of urea groups is 1. The summed E-state index contributed by atoms with van der Waals surface area (Å²) in [6, 6.07) is 10.3. The third-order valence-electron chi connectivity index (χ3n) is 6.15. The second-order valence-electron chi connectivity index (χ2n) is 10.7. The lowest BCUT2D eigenvalue weighted by Crippen LogP contribution is -2.57. The van der Waals surface area contributed by atoms with Crippen molar-refractivity contribution in [1.29, 1.82) is 5.26 Å². The fourth-order valence-electron chi connectivity index (χ4n) is 4.35. The Hall–Kier alpha value is -4.18. The highest BCUT2D eigenvalue weighted by molar-refractivity contribution is 7.19. The minimum atomic E-state index is -4.65. The summed E-state index contributed by atoms with van der Waals surface area (Å²) < 4.78 is 46.1. The number of anilines is 1. The molecule has 1 aliphatic rings. The lowest BCUT2D eigenvalue weighted by Gasteiger charge is -2.40. The Morgan fingerprint density at radius 3 is 2.49 bits per heavy atom. The zero-order valence-electron chi connectivity index (χ0n) is 23.2. The maximum absolute atomic E-state index is 13.6. The van der Waals surface area contributed by atoms with Gasteiger partial charge in [0.1, 0.15) is 11.3 Å². The highest BCUT2D eigenvalue weighted by atomic mass is 32.1. The molecule has 1 fully saturated rings. The number of aromatic nitrogens is 2. The Labute approximate surface area is 239 Å². The van der Waals surface area contributed by atoms with E-state index in [1.165, 1.54) is 13.0 Å². The van der Waals surface area contributed by atoms with E-state index in [0.717, 1.165) is 17.4 Å². The van der Waals surface area contributed by atoms with Crippen LogP contribution < -0.4 is 5.32 Å². The normalized spacial score (nSPS) is 15.8. The van der Waals surface area contributed by atoms with Gasteiger partial charge in [-0.2, -0.15) is 18.4 Å². The minimum absolute atomic E-state index is 0.169. The number of benzene rings is 1. The first-order valence-corrected chi connectivity index (χ1v) is 13.6. The van der Waals surface area contributed by atoms with Crippen molar-refractivity contribution in [2.24, 2.45) is 0 Å². The van der Waals surface area contributed by atoms with E-state index in [9.17, 15) is 28.0 Å². The average molecular weight is 587 g/mol. The van der Waals surface area contributed by atoms with Crippen LogP contribution in [-0.4, -0.2) is 63.2 Å². The summed E-state index contributed by atoms with van der Waals surface area (Å²) in [5.41, 5.74) is -0.0948. The molecule has 0 saturated carbocycles. The van der Waals surface area contributed by atoms with E-state index in [-0.39, 0.29) is 42.1 Å². The number of carbonyl (C=O) groups is 2. The summed E-state index contributed by atoms with van der Waals surface area (Å²) in [4.78, 5) is 37.4. The number of hydrogen-bond donors (Lipinski definition) is 1. The van der Waals surface area contributed by atoms with Crippen LogP contribution in [0.5, 0.6) is 0 Å². The molecule has 1 atom stereocenters. The maximum Gasteiger partial charge on any atom is 0.433 e. The van der Waals surface area contributed by atoms with Crippen LogP contribution in [0.3, 0.4) is 0 Å². The zero-order chi connectivity index (χ0) is 30.1. The van der Waals surface area contributed by atoms with Crippen LogP contribution in [0.2, 0.25) is 0 Å². The van der Waals surface area contributed by atoms with Crippen LogP contribution in [0, 0.1) is 18.3 Å². The van der Waals surface area contributed by atoms with Crippen molar-refractivity contribution in [2.75, 3.05) is 25.0 Å². The van der Waals surface area contributed by atoms with Gasteiger partial charge < -0.3 is 14.5 Å². The van der Waals surface area contributed by atoms with Crippen molar-refractivity contribution in [3.05, 3.63) is 53.3 Å². The molecule has 9 nitrogen and oxygen atoms in total. The maximum atomic E-state index is 13.6. The molecule has 3 heterocycles. The van der Waals surface area contributed by atoms with Gasteiger partial charge in [-0.1, -0.05) is 23.5 Å². The number of halogens is 3. The monoisotopic (exact) mass is 586 g/mol. The molecule has 0 bridgehead atoms. The number of thiazole rings is 1. The third kappa shape index (κ3) is 7.13. The molecule has 0 unspecified atom stereocenters. The van der Waals surface area contributed by atoms with E-state index in [4.69, 9.17) is 4.74 Å². The lowest BCUT2D eigenvalue weighted by atomic mass is 10.0. The highest BCUT2D eigenvalue weighted by Crippen LogP contribution is 2.41. The molecule has 4 rings (SSSR count). The van der Waals surface area contributed by atoms with E-state index in [2.05, 4.69) is 15.3 Å². The molecule has 1 N–H and O–H groups in total. The lowest BCUT2D eigenvalue weighted by molar-refractivity contribution is -0.141. The number of ether oxygens (including phenoxy) is 1. The summed E-state index contributed by atoms with van der Waals surface area (Å²) in [6.45, 7) is 9.40. The van der Waals surface area contributed by atoms with Gasteiger partial charge in [-0.3, -0.25) is 5.32 Å². The molecule has 0 radical (unpaired) electrons. The Kier molecular flexibility index (Phi) is 8.26. The summed E-state index contributed by atoms with van der Waals surface area (Å²) in [7, 11) is 0. The van der Waals surface area contributed by atoms with Gasteiger partial charge >= 0.3 is 18.3 Å². The molecule has 41 heavy (non-hydrogen) atoms. The highest BCUT2D eigenvalue weighted by Gasteiger charge is 2.35. The molecule has 0 spiro atoms. The minimum Gasteiger partial charge on any atom is -0.444 e. The van der Waals surface area contributed by atoms with Gasteiger partial charge in [0, 0.05) is 36.9 Å². The molecule has 0 aliphatic carbocycles. The number of nitrogens with one attached hydrogen (secondary N) is 1. The van der Waals surface area contributed by atoms with Gasteiger partial charge in [0.2, 0.25) is 0 Å². The number of nitriles is 1. The van der Waals surface area contributed by atoms with Crippen molar-refractivity contribution >= 4 is 28.6 Å². The molecule has 216 valence electrons. The van der Waals surface area contributed by atoms with E-state index < -0.39 is 29.6 Å². The number of carbonyl (C=O) groups excluding carboxylic acids is 2. The van der Waals surface area contributed by atoms with Crippen molar-refractivity contribution in [1.82, 2.24) is 19.8 Å². The number of alkyl halides is 3. The van der Waals surface area contributed by atoms with Crippen LogP contribution in [-0.2, 0) is 10.9 Å². The Morgan fingerprint density at radius 1 is 1.12 bits per heavy atom.